The van der Waals surface area contributed by atoms with Crippen molar-refractivity contribution in [1.29, 1.82) is 0 Å². The molecule has 3 rings (SSSR count). The van der Waals surface area contributed by atoms with E-state index in [4.69, 9.17) is 0 Å². The molecule has 122 valence electrons. The van der Waals surface area contributed by atoms with Crippen molar-refractivity contribution in [3.8, 4) is 0 Å². The number of rotatable bonds is 2. The molecule has 6 nitrogen and oxygen atoms in total. The summed E-state index contributed by atoms with van der Waals surface area (Å²) in [4.78, 5) is 13.6. The molecule has 2 aliphatic rings. The van der Waals surface area contributed by atoms with E-state index in [2.05, 4.69) is 32.9 Å². The number of hydrogen-bond acceptors (Lipinski definition) is 6. The van der Waals surface area contributed by atoms with Crippen LogP contribution in [-0.2, 0) is 9.84 Å². The second-order valence-corrected chi connectivity index (χ2v) is 8.74. The Bertz CT molecular complexity index is 633. The topological polar surface area (TPSA) is 66.4 Å². The molecule has 2 fully saturated rings. The van der Waals surface area contributed by atoms with E-state index in [9.17, 15) is 8.42 Å². The third kappa shape index (κ3) is 3.57. The van der Waals surface area contributed by atoms with Crippen LogP contribution < -0.4 is 4.90 Å². The molecule has 0 spiro atoms. The van der Waals surface area contributed by atoms with Gasteiger partial charge >= 0.3 is 0 Å². The number of aryl methyl sites for hydroxylation is 1. The Morgan fingerprint density at radius 1 is 1.18 bits per heavy atom. The first-order valence-corrected chi connectivity index (χ1v) is 9.74. The maximum absolute atomic E-state index is 11.6. The molecule has 3 heterocycles. The monoisotopic (exact) mass is 324 g/mol. The number of piperidine rings is 1. The van der Waals surface area contributed by atoms with Crippen LogP contribution in [0.15, 0.2) is 6.07 Å². The first kappa shape index (κ1) is 15.7. The third-order valence-electron chi connectivity index (χ3n) is 4.56. The van der Waals surface area contributed by atoms with Gasteiger partial charge in [0.2, 0.25) is 0 Å². The quantitative estimate of drug-likeness (QED) is 0.803. The fourth-order valence-electron chi connectivity index (χ4n) is 3.29. The highest BCUT2D eigenvalue weighted by molar-refractivity contribution is 7.91. The van der Waals surface area contributed by atoms with E-state index in [0.29, 0.717) is 19.0 Å². The van der Waals surface area contributed by atoms with E-state index in [-0.39, 0.29) is 11.5 Å². The Kier molecular flexibility index (Phi) is 4.36. The molecular weight excluding hydrogens is 300 g/mol. The summed E-state index contributed by atoms with van der Waals surface area (Å²) in [6, 6.07) is 2.06. The van der Waals surface area contributed by atoms with Gasteiger partial charge in [0, 0.05) is 31.6 Å². The molecule has 1 unspecified atom stereocenters. The maximum atomic E-state index is 11.6. The Balaban J connectivity index is 1.81. The van der Waals surface area contributed by atoms with Crippen molar-refractivity contribution < 1.29 is 8.42 Å². The lowest BCUT2D eigenvalue weighted by atomic mass is 9.95. The van der Waals surface area contributed by atoms with Crippen molar-refractivity contribution in [2.75, 3.05) is 49.6 Å². The lowest BCUT2D eigenvalue weighted by Crippen LogP contribution is -2.41. The third-order valence-corrected chi connectivity index (χ3v) is 6.16. The number of hydrogen-bond donors (Lipinski definition) is 0. The highest BCUT2D eigenvalue weighted by atomic mass is 32.2. The van der Waals surface area contributed by atoms with Gasteiger partial charge in [-0.2, -0.15) is 0 Å². The standard InChI is InChI=1S/C15H24N4O2S/c1-12-16-14(13-4-3-5-18(2)11-13)10-15(17-12)19-6-8-22(20,21)9-7-19/h10,13H,3-9,11H2,1-2H3. The van der Waals surface area contributed by atoms with Gasteiger partial charge in [-0.3, -0.25) is 0 Å². The zero-order valence-electron chi connectivity index (χ0n) is 13.3. The van der Waals surface area contributed by atoms with Gasteiger partial charge in [-0.1, -0.05) is 0 Å². The molecule has 22 heavy (non-hydrogen) atoms. The summed E-state index contributed by atoms with van der Waals surface area (Å²) in [5, 5.41) is 0. The van der Waals surface area contributed by atoms with E-state index in [1.54, 1.807) is 0 Å². The molecule has 0 radical (unpaired) electrons. The number of aromatic nitrogens is 2. The van der Waals surface area contributed by atoms with Gasteiger partial charge < -0.3 is 9.80 Å². The van der Waals surface area contributed by atoms with Crippen LogP contribution in [0.25, 0.3) is 0 Å². The number of likely N-dealkylation sites (tertiary alicyclic amines) is 1. The Hall–Kier alpha value is -1.21. The van der Waals surface area contributed by atoms with E-state index >= 15 is 0 Å². The maximum Gasteiger partial charge on any atom is 0.153 e. The lowest BCUT2D eigenvalue weighted by molar-refractivity contribution is 0.248. The summed E-state index contributed by atoms with van der Waals surface area (Å²) in [6.07, 6.45) is 2.36. The normalized spacial score (nSPS) is 26.1. The number of likely N-dealkylation sites (N-methyl/N-ethyl adjacent to an activating group) is 1. The van der Waals surface area contributed by atoms with Crippen molar-refractivity contribution in [2.45, 2.75) is 25.7 Å². The number of nitrogens with zero attached hydrogens (tertiary/aromatic N) is 4. The smallest absolute Gasteiger partial charge is 0.153 e. The molecular formula is C15H24N4O2S. The molecule has 0 bridgehead atoms. The number of anilines is 1. The van der Waals surface area contributed by atoms with Crippen molar-refractivity contribution in [2.24, 2.45) is 0 Å². The van der Waals surface area contributed by atoms with Crippen molar-refractivity contribution >= 4 is 15.7 Å². The fraction of sp³-hybridized carbons (Fsp3) is 0.733. The van der Waals surface area contributed by atoms with E-state index < -0.39 is 9.84 Å². The molecule has 1 atom stereocenters. The molecule has 1 aromatic rings. The van der Waals surface area contributed by atoms with Gasteiger partial charge in [0.05, 0.1) is 17.2 Å². The summed E-state index contributed by atoms with van der Waals surface area (Å²) < 4.78 is 23.2. The molecule has 1 aromatic heterocycles. The van der Waals surface area contributed by atoms with Crippen LogP contribution in [0.1, 0.15) is 30.3 Å². The lowest BCUT2D eigenvalue weighted by Gasteiger charge is -2.31. The molecule has 0 saturated carbocycles. The minimum absolute atomic E-state index is 0.220. The van der Waals surface area contributed by atoms with E-state index in [0.717, 1.165) is 36.8 Å². The summed E-state index contributed by atoms with van der Waals surface area (Å²) >= 11 is 0. The summed E-state index contributed by atoms with van der Waals surface area (Å²) in [7, 11) is -0.714. The van der Waals surface area contributed by atoms with Crippen LogP contribution in [0.5, 0.6) is 0 Å². The fourth-order valence-corrected chi connectivity index (χ4v) is 4.50. The molecule has 2 saturated heterocycles. The molecule has 0 N–H and O–H groups in total. The zero-order valence-corrected chi connectivity index (χ0v) is 14.1. The average Bonchev–Trinajstić information content (AvgIpc) is 2.46. The zero-order chi connectivity index (χ0) is 15.7. The van der Waals surface area contributed by atoms with Crippen molar-refractivity contribution in [3.05, 3.63) is 17.6 Å². The van der Waals surface area contributed by atoms with Gasteiger partial charge in [0.15, 0.2) is 9.84 Å². The minimum atomic E-state index is -2.86. The van der Waals surface area contributed by atoms with Gasteiger partial charge in [0.25, 0.3) is 0 Å². The average molecular weight is 324 g/mol. The van der Waals surface area contributed by atoms with Crippen molar-refractivity contribution in [1.82, 2.24) is 14.9 Å². The minimum Gasteiger partial charge on any atom is -0.354 e. The second-order valence-electron chi connectivity index (χ2n) is 6.44. The van der Waals surface area contributed by atoms with Gasteiger partial charge in [-0.05, 0) is 33.4 Å². The van der Waals surface area contributed by atoms with Crippen molar-refractivity contribution in [3.63, 3.8) is 0 Å². The molecule has 2 aliphatic heterocycles. The Labute approximate surface area is 132 Å². The molecule has 0 amide bonds. The highest BCUT2D eigenvalue weighted by Crippen LogP contribution is 2.27. The first-order valence-electron chi connectivity index (χ1n) is 7.92. The van der Waals surface area contributed by atoms with Crippen LogP contribution in [0.3, 0.4) is 0 Å². The van der Waals surface area contributed by atoms with Gasteiger partial charge in [-0.25, -0.2) is 18.4 Å². The highest BCUT2D eigenvalue weighted by Gasteiger charge is 2.25. The summed E-state index contributed by atoms with van der Waals surface area (Å²) in [5.41, 5.74) is 1.10. The molecule has 0 aromatic carbocycles. The SMILES string of the molecule is Cc1nc(C2CCCN(C)C2)cc(N2CCS(=O)(=O)CC2)n1. The van der Waals surface area contributed by atoms with Crippen LogP contribution in [0.2, 0.25) is 0 Å². The van der Waals surface area contributed by atoms with Gasteiger partial charge in [-0.15, -0.1) is 0 Å². The van der Waals surface area contributed by atoms with Crippen LogP contribution in [-0.4, -0.2) is 68.0 Å². The first-order chi connectivity index (χ1) is 10.4. The van der Waals surface area contributed by atoms with Crippen LogP contribution in [0.4, 0.5) is 5.82 Å². The van der Waals surface area contributed by atoms with E-state index in [1.807, 2.05) is 6.92 Å². The Morgan fingerprint density at radius 2 is 1.91 bits per heavy atom. The Morgan fingerprint density at radius 3 is 2.59 bits per heavy atom. The summed E-state index contributed by atoms with van der Waals surface area (Å²) in [6.45, 7) is 5.16. The predicted octanol–water partition coefficient (Wildman–Crippen LogP) is 0.829. The summed E-state index contributed by atoms with van der Waals surface area (Å²) in [5.74, 6) is 2.54. The van der Waals surface area contributed by atoms with Crippen LogP contribution >= 0.6 is 0 Å². The van der Waals surface area contributed by atoms with Crippen LogP contribution in [0, 0.1) is 6.92 Å². The second kappa shape index (κ2) is 6.12. The molecule has 7 heteroatoms. The molecule has 0 aliphatic carbocycles. The number of sulfone groups is 1. The van der Waals surface area contributed by atoms with Gasteiger partial charge in [0.1, 0.15) is 11.6 Å². The predicted molar refractivity (Wildman–Crippen MR) is 87.1 cm³/mol. The largest absolute Gasteiger partial charge is 0.354 e. The van der Waals surface area contributed by atoms with E-state index in [1.165, 1.54) is 6.42 Å².